The van der Waals surface area contributed by atoms with E-state index in [-0.39, 0.29) is 0 Å². The topological polar surface area (TPSA) is 83.6 Å². The number of hydrogen-bond acceptors (Lipinski definition) is 9. The second-order valence-electron chi connectivity index (χ2n) is 7.03. The minimum Gasteiger partial charge on any atom is -0.497 e. The first-order valence-corrected chi connectivity index (χ1v) is 12.2. The molecule has 0 aliphatic heterocycles. The Bertz CT molecular complexity index is 1420. The van der Waals surface area contributed by atoms with Crippen molar-refractivity contribution in [3.8, 4) is 34.3 Å². The molecule has 4 aromatic rings. The van der Waals surface area contributed by atoms with Crippen molar-refractivity contribution in [3.05, 3.63) is 74.5 Å². The van der Waals surface area contributed by atoms with E-state index >= 15 is 0 Å². The fraction of sp³-hybridized carbons (Fsp3) is 0.160. The van der Waals surface area contributed by atoms with E-state index in [0.29, 0.717) is 32.7 Å². The number of ether oxygens (including phenoxy) is 4. The fourth-order valence-electron chi connectivity index (χ4n) is 3.28. The van der Waals surface area contributed by atoms with Gasteiger partial charge < -0.3 is 18.9 Å². The van der Waals surface area contributed by atoms with Gasteiger partial charge in [0.2, 0.25) is 4.80 Å². The number of hydrogen-bond donors (Lipinski definition) is 0. The van der Waals surface area contributed by atoms with Crippen molar-refractivity contribution >= 4 is 34.9 Å². The molecule has 8 nitrogen and oxygen atoms in total. The summed E-state index contributed by atoms with van der Waals surface area (Å²) >= 11 is 2.78. The number of carbonyl (C=O) groups is 1. The number of thiophene rings is 1. The predicted octanol–water partition coefficient (Wildman–Crippen LogP) is 4.94. The van der Waals surface area contributed by atoms with Crippen LogP contribution in [0.1, 0.15) is 15.2 Å². The van der Waals surface area contributed by atoms with Crippen LogP contribution in [0.15, 0.2) is 69.4 Å². The molecule has 2 aromatic carbocycles. The van der Waals surface area contributed by atoms with Crippen molar-refractivity contribution in [1.82, 2.24) is 4.68 Å². The predicted molar refractivity (Wildman–Crippen MR) is 138 cm³/mol. The van der Waals surface area contributed by atoms with Gasteiger partial charge in [-0.25, -0.2) is 9.47 Å². The van der Waals surface area contributed by atoms with E-state index < -0.39 is 5.97 Å². The molecule has 0 unspecified atom stereocenters. The SMILES string of the molecule is CN=c1scc(-c2cc(OC)ccc2OC)n1N=Cc1ccc(OC(=O)c2cccs2)c(OC)c1. The molecule has 4 rings (SSSR count). The number of nitrogens with zero attached hydrogens (tertiary/aromatic N) is 3. The fourth-order valence-corrected chi connectivity index (χ4v) is 4.67. The molecule has 180 valence electrons. The first-order chi connectivity index (χ1) is 17.1. The average molecular weight is 510 g/mol. The number of methoxy groups -OCH3 is 3. The summed E-state index contributed by atoms with van der Waals surface area (Å²) in [6.07, 6.45) is 1.69. The van der Waals surface area contributed by atoms with Crippen molar-refractivity contribution in [2.24, 2.45) is 10.1 Å². The van der Waals surface area contributed by atoms with Gasteiger partial charge in [0.25, 0.3) is 0 Å². The van der Waals surface area contributed by atoms with Gasteiger partial charge in [-0.15, -0.1) is 22.7 Å². The molecule has 0 aliphatic rings. The van der Waals surface area contributed by atoms with Crippen LogP contribution in [0.3, 0.4) is 0 Å². The van der Waals surface area contributed by atoms with Gasteiger partial charge in [-0.1, -0.05) is 6.07 Å². The molecule has 2 heterocycles. The molecule has 0 saturated carbocycles. The van der Waals surface area contributed by atoms with Crippen LogP contribution in [-0.4, -0.2) is 45.2 Å². The maximum absolute atomic E-state index is 12.3. The highest BCUT2D eigenvalue weighted by Crippen LogP contribution is 2.34. The Morgan fingerprint density at radius 3 is 2.43 bits per heavy atom. The molecule has 2 aromatic heterocycles. The molecule has 35 heavy (non-hydrogen) atoms. The molecule has 0 amide bonds. The van der Waals surface area contributed by atoms with Crippen molar-refractivity contribution < 1.29 is 23.7 Å². The molecule has 0 aliphatic carbocycles. The van der Waals surface area contributed by atoms with E-state index in [1.807, 2.05) is 29.0 Å². The van der Waals surface area contributed by atoms with Gasteiger partial charge in [0.1, 0.15) is 16.4 Å². The number of aromatic nitrogens is 1. The van der Waals surface area contributed by atoms with Crippen LogP contribution in [-0.2, 0) is 0 Å². The summed E-state index contributed by atoms with van der Waals surface area (Å²) in [5, 5.41) is 8.46. The maximum atomic E-state index is 12.3. The first kappa shape index (κ1) is 24.2. The van der Waals surface area contributed by atoms with Crippen LogP contribution in [0.4, 0.5) is 0 Å². The van der Waals surface area contributed by atoms with Crippen LogP contribution in [0, 0.1) is 0 Å². The van der Waals surface area contributed by atoms with E-state index in [4.69, 9.17) is 18.9 Å². The number of thiazole rings is 1. The third-order valence-corrected chi connectivity index (χ3v) is 6.75. The molecule has 0 N–H and O–H groups in total. The summed E-state index contributed by atoms with van der Waals surface area (Å²) in [4.78, 5) is 17.9. The molecular weight excluding hydrogens is 486 g/mol. The summed E-state index contributed by atoms with van der Waals surface area (Å²) < 4.78 is 23.6. The number of benzene rings is 2. The Balaban J connectivity index is 1.67. The van der Waals surface area contributed by atoms with Crippen LogP contribution in [0.2, 0.25) is 0 Å². The zero-order chi connectivity index (χ0) is 24.8. The lowest BCUT2D eigenvalue weighted by Gasteiger charge is -2.11. The summed E-state index contributed by atoms with van der Waals surface area (Å²) in [5.41, 5.74) is 2.38. The van der Waals surface area contributed by atoms with E-state index in [2.05, 4.69) is 10.1 Å². The van der Waals surface area contributed by atoms with Crippen molar-refractivity contribution in [2.75, 3.05) is 28.4 Å². The van der Waals surface area contributed by atoms with Gasteiger partial charge in [0.15, 0.2) is 11.5 Å². The number of carbonyl (C=O) groups excluding carboxylic acids is 1. The van der Waals surface area contributed by atoms with Gasteiger partial charge in [-0.05, 0) is 53.4 Å². The van der Waals surface area contributed by atoms with Gasteiger partial charge in [-0.3, -0.25) is 4.99 Å². The molecule has 10 heteroatoms. The Morgan fingerprint density at radius 2 is 1.74 bits per heavy atom. The average Bonchev–Trinajstić information content (AvgIpc) is 3.58. The van der Waals surface area contributed by atoms with E-state index in [0.717, 1.165) is 16.8 Å². The van der Waals surface area contributed by atoms with Gasteiger partial charge in [-0.2, -0.15) is 5.10 Å². The Kier molecular flexibility index (Phi) is 7.64. The third-order valence-electron chi connectivity index (χ3n) is 4.99. The number of esters is 1. The summed E-state index contributed by atoms with van der Waals surface area (Å²) in [7, 11) is 6.47. The van der Waals surface area contributed by atoms with E-state index in [1.165, 1.54) is 29.8 Å². The number of rotatable bonds is 8. The molecule has 0 radical (unpaired) electrons. The van der Waals surface area contributed by atoms with E-state index in [1.54, 1.807) is 62.5 Å². The molecule has 0 spiro atoms. The Labute approximate surface area is 210 Å². The van der Waals surface area contributed by atoms with Gasteiger partial charge >= 0.3 is 5.97 Å². The molecule has 0 atom stereocenters. The zero-order valence-electron chi connectivity index (χ0n) is 19.6. The van der Waals surface area contributed by atoms with Crippen molar-refractivity contribution in [3.63, 3.8) is 0 Å². The highest BCUT2D eigenvalue weighted by atomic mass is 32.1. The maximum Gasteiger partial charge on any atom is 0.353 e. The van der Waals surface area contributed by atoms with Crippen LogP contribution >= 0.6 is 22.7 Å². The van der Waals surface area contributed by atoms with Crippen LogP contribution < -0.4 is 23.7 Å². The standard InChI is InChI=1S/C25H23N3O5S2/c1-26-25-28(19(15-35-25)18-13-17(30-2)8-10-20(18)31-3)27-14-16-7-9-21(22(12-16)32-4)33-24(29)23-6-5-11-34-23/h5-15H,1-4H3. The normalized spacial score (nSPS) is 11.6. The quantitative estimate of drug-likeness (QED) is 0.191. The molecule has 0 saturated heterocycles. The lowest BCUT2D eigenvalue weighted by molar-refractivity contribution is 0.0735. The minimum absolute atomic E-state index is 0.331. The third kappa shape index (κ3) is 5.28. The smallest absolute Gasteiger partial charge is 0.353 e. The van der Waals surface area contributed by atoms with Gasteiger partial charge in [0.05, 0.1) is 33.2 Å². The minimum atomic E-state index is -0.431. The second-order valence-corrected chi connectivity index (χ2v) is 8.81. The highest BCUT2D eigenvalue weighted by molar-refractivity contribution is 7.12. The molecule has 0 fully saturated rings. The van der Waals surface area contributed by atoms with Crippen molar-refractivity contribution in [1.29, 1.82) is 0 Å². The Hall–Kier alpha value is -3.89. The largest absolute Gasteiger partial charge is 0.497 e. The van der Waals surface area contributed by atoms with Crippen molar-refractivity contribution in [2.45, 2.75) is 0 Å². The summed E-state index contributed by atoms with van der Waals surface area (Å²) in [6, 6.07) is 14.3. The van der Waals surface area contributed by atoms with Gasteiger partial charge in [0, 0.05) is 18.0 Å². The first-order valence-electron chi connectivity index (χ1n) is 10.4. The lowest BCUT2D eigenvalue weighted by Crippen LogP contribution is -2.12. The zero-order valence-corrected chi connectivity index (χ0v) is 21.2. The summed E-state index contributed by atoms with van der Waals surface area (Å²) in [5.74, 6) is 1.71. The lowest BCUT2D eigenvalue weighted by atomic mass is 10.1. The molecule has 0 bridgehead atoms. The van der Waals surface area contributed by atoms with Crippen LogP contribution in [0.5, 0.6) is 23.0 Å². The monoisotopic (exact) mass is 509 g/mol. The Morgan fingerprint density at radius 1 is 0.943 bits per heavy atom. The molecular formula is C25H23N3O5S2. The summed E-state index contributed by atoms with van der Waals surface area (Å²) in [6.45, 7) is 0. The van der Waals surface area contributed by atoms with Crippen LogP contribution in [0.25, 0.3) is 11.3 Å². The second kappa shape index (κ2) is 11.0. The van der Waals surface area contributed by atoms with E-state index in [9.17, 15) is 4.79 Å². The highest BCUT2D eigenvalue weighted by Gasteiger charge is 2.15.